The first-order valence-electron chi connectivity index (χ1n) is 3.74. The third kappa shape index (κ3) is 1.49. The average molecular weight is 245 g/mol. The molecule has 2 nitrogen and oxygen atoms in total. The smallest absolute Gasteiger partial charge is 0.335 e. The number of carbonyl (C=O) groups is 1. The van der Waals surface area contributed by atoms with Crippen LogP contribution < -0.4 is 0 Å². The van der Waals surface area contributed by atoms with Crippen molar-refractivity contribution >= 4 is 51.6 Å². The lowest BCUT2D eigenvalue weighted by molar-refractivity contribution is 0.0697. The van der Waals surface area contributed by atoms with Crippen LogP contribution in [0.3, 0.4) is 0 Å². The minimum atomic E-state index is -0.933. The summed E-state index contributed by atoms with van der Waals surface area (Å²) in [7, 11) is 0. The second kappa shape index (κ2) is 3.46. The highest BCUT2D eigenvalue weighted by Gasteiger charge is 2.10. The Bertz CT molecular complexity index is 519. The van der Waals surface area contributed by atoms with Crippen molar-refractivity contribution < 1.29 is 9.90 Å². The van der Waals surface area contributed by atoms with E-state index in [9.17, 15) is 4.79 Å². The number of rotatable bonds is 1. The van der Waals surface area contributed by atoms with Gasteiger partial charge < -0.3 is 5.11 Å². The van der Waals surface area contributed by atoms with Crippen LogP contribution in [0.2, 0.25) is 5.02 Å². The molecule has 0 aliphatic carbocycles. The number of thiophene rings is 1. The molecule has 5 heteroatoms. The topological polar surface area (TPSA) is 37.3 Å². The van der Waals surface area contributed by atoms with Crippen molar-refractivity contribution in [2.24, 2.45) is 0 Å². The monoisotopic (exact) mass is 244 g/mol. The van der Waals surface area contributed by atoms with Crippen LogP contribution in [0.5, 0.6) is 0 Å². The molecular formula is C9H5ClO2S2. The molecule has 0 saturated heterocycles. The van der Waals surface area contributed by atoms with Gasteiger partial charge in [-0.05, 0) is 12.1 Å². The zero-order valence-corrected chi connectivity index (χ0v) is 9.29. The number of hydrogen-bond donors (Lipinski definition) is 2. The summed E-state index contributed by atoms with van der Waals surface area (Å²) in [5, 5.41) is 10.2. The number of aromatic carboxylic acids is 1. The van der Waals surface area contributed by atoms with Gasteiger partial charge in [0.25, 0.3) is 0 Å². The standard InChI is InChI=1S/C9H5ClO2S2/c10-7-5-2-1-4(8(11)12)3-6(5)14-9(7)13/h1-3,13H,(H,11,12). The maximum absolute atomic E-state index is 10.7. The Morgan fingerprint density at radius 2 is 2.21 bits per heavy atom. The molecule has 1 aromatic heterocycles. The van der Waals surface area contributed by atoms with E-state index >= 15 is 0 Å². The summed E-state index contributed by atoms with van der Waals surface area (Å²) in [6.07, 6.45) is 0. The molecule has 0 fully saturated rings. The summed E-state index contributed by atoms with van der Waals surface area (Å²) in [6, 6.07) is 4.85. The fourth-order valence-corrected chi connectivity index (χ4v) is 2.81. The lowest BCUT2D eigenvalue weighted by atomic mass is 10.2. The summed E-state index contributed by atoms with van der Waals surface area (Å²) < 4.78 is 1.56. The first kappa shape index (κ1) is 9.83. The Balaban J connectivity index is 2.73. The second-order valence-corrected chi connectivity index (χ2v) is 4.92. The van der Waals surface area contributed by atoms with E-state index in [1.807, 2.05) is 0 Å². The number of hydrogen-bond acceptors (Lipinski definition) is 3. The SMILES string of the molecule is O=C(O)c1ccc2c(Cl)c(S)sc2c1. The van der Waals surface area contributed by atoms with E-state index in [-0.39, 0.29) is 5.56 Å². The molecule has 1 N–H and O–H groups in total. The largest absolute Gasteiger partial charge is 0.478 e. The predicted molar refractivity (Wildman–Crippen MR) is 61.0 cm³/mol. The van der Waals surface area contributed by atoms with E-state index in [0.717, 1.165) is 10.1 Å². The number of fused-ring (bicyclic) bond motifs is 1. The van der Waals surface area contributed by atoms with E-state index in [1.54, 1.807) is 12.1 Å². The normalized spacial score (nSPS) is 10.7. The molecule has 0 atom stereocenters. The highest BCUT2D eigenvalue weighted by atomic mass is 35.5. The molecule has 0 radical (unpaired) electrons. The molecule has 1 heterocycles. The molecule has 72 valence electrons. The van der Waals surface area contributed by atoms with Crippen LogP contribution in [0.4, 0.5) is 0 Å². The van der Waals surface area contributed by atoms with Crippen molar-refractivity contribution in [3.8, 4) is 0 Å². The molecule has 0 spiro atoms. The molecule has 14 heavy (non-hydrogen) atoms. The highest BCUT2D eigenvalue weighted by molar-refractivity contribution is 7.83. The van der Waals surface area contributed by atoms with Gasteiger partial charge >= 0.3 is 5.97 Å². The molecule has 0 bridgehead atoms. The number of halogens is 1. The minimum Gasteiger partial charge on any atom is -0.478 e. The fraction of sp³-hybridized carbons (Fsp3) is 0. The van der Waals surface area contributed by atoms with Crippen LogP contribution in [-0.4, -0.2) is 11.1 Å². The summed E-state index contributed by atoms with van der Waals surface area (Å²) in [4.78, 5) is 10.7. The zero-order valence-electron chi connectivity index (χ0n) is 6.82. The van der Waals surface area contributed by atoms with Crippen molar-refractivity contribution in [2.45, 2.75) is 4.21 Å². The molecule has 1 aromatic carbocycles. The van der Waals surface area contributed by atoms with Crippen molar-refractivity contribution in [3.63, 3.8) is 0 Å². The predicted octanol–water partition coefficient (Wildman–Crippen LogP) is 3.54. The number of carboxylic acids is 1. The van der Waals surface area contributed by atoms with Gasteiger partial charge in [0, 0.05) is 10.1 Å². The average Bonchev–Trinajstić information content (AvgIpc) is 2.42. The van der Waals surface area contributed by atoms with E-state index in [1.165, 1.54) is 17.4 Å². The van der Waals surface area contributed by atoms with Crippen LogP contribution >= 0.6 is 35.6 Å². The Morgan fingerprint density at radius 1 is 1.50 bits per heavy atom. The molecule has 0 saturated carbocycles. The van der Waals surface area contributed by atoms with E-state index in [2.05, 4.69) is 12.6 Å². The molecule has 2 rings (SSSR count). The third-order valence-electron chi connectivity index (χ3n) is 1.86. The van der Waals surface area contributed by atoms with Crippen molar-refractivity contribution in [3.05, 3.63) is 28.8 Å². The summed E-state index contributed by atoms with van der Waals surface area (Å²) in [6.45, 7) is 0. The van der Waals surface area contributed by atoms with Gasteiger partial charge in [-0.2, -0.15) is 0 Å². The molecular weight excluding hydrogens is 240 g/mol. The third-order valence-corrected chi connectivity index (χ3v) is 3.95. The van der Waals surface area contributed by atoms with E-state index < -0.39 is 5.97 Å². The van der Waals surface area contributed by atoms with Gasteiger partial charge in [0.1, 0.15) is 0 Å². The first-order valence-corrected chi connectivity index (χ1v) is 5.38. The van der Waals surface area contributed by atoms with Crippen LogP contribution in [0.1, 0.15) is 10.4 Å². The van der Waals surface area contributed by atoms with Gasteiger partial charge in [0.2, 0.25) is 0 Å². The summed E-state index contributed by atoms with van der Waals surface area (Å²) >= 11 is 11.5. The van der Waals surface area contributed by atoms with Crippen molar-refractivity contribution in [1.82, 2.24) is 0 Å². The van der Waals surface area contributed by atoms with E-state index in [4.69, 9.17) is 16.7 Å². The Kier molecular flexibility index (Phi) is 2.43. The minimum absolute atomic E-state index is 0.267. The fourth-order valence-electron chi connectivity index (χ4n) is 1.19. The maximum atomic E-state index is 10.7. The van der Waals surface area contributed by atoms with Crippen molar-refractivity contribution in [2.75, 3.05) is 0 Å². The van der Waals surface area contributed by atoms with Gasteiger partial charge in [-0.3, -0.25) is 0 Å². The molecule has 0 amide bonds. The molecule has 2 aromatic rings. The van der Waals surface area contributed by atoms with Crippen LogP contribution in [0.25, 0.3) is 10.1 Å². The van der Waals surface area contributed by atoms with Gasteiger partial charge in [-0.25, -0.2) is 4.79 Å². The molecule has 0 unspecified atom stereocenters. The lowest BCUT2D eigenvalue weighted by Gasteiger charge is -1.93. The van der Waals surface area contributed by atoms with Crippen LogP contribution in [0.15, 0.2) is 22.4 Å². The number of carboxylic acid groups (broad SMARTS) is 1. The first-order chi connectivity index (χ1) is 6.59. The molecule has 0 aliphatic heterocycles. The van der Waals surface area contributed by atoms with E-state index in [0.29, 0.717) is 9.23 Å². The lowest BCUT2D eigenvalue weighted by Crippen LogP contribution is -1.94. The van der Waals surface area contributed by atoms with Gasteiger partial charge in [0.05, 0.1) is 14.8 Å². The maximum Gasteiger partial charge on any atom is 0.335 e. The van der Waals surface area contributed by atoms with Gasteiger partial charge in [-0.1, -0.05) is 17.7 Å². The Labute approximate surface area is 94.5 Å². The Morgan fingerprint density at radius 3 is 2.86 bits per heavy atom. The second-order valence-electron chi connectivity index (χ2n) is 2.74. The van der Waals surface area contributed by atoms with Crippen LogP contribution in [-0.2, 0) is 0 Å². The Hall–Kier alpha value is -0.710. The number of benzene rings is 1. The molecule has 0 aliphatic rings. The highest BCUT2D eigenvalue weighted by Crippen LogP contribution is 2.37. The zero-order chi connectivity index (χ0) is 10.3. The van der Waals surface area contributed by atoms with Crippen LogP contribution in [0, 0.1) is 0 Å². The summed E-state index contributed by atoms with van der Waals surface area (Å²) in [5.41, 5.74) is 0.267. The summed E-state index contributed by atoms with van der Waals surface area (Å²) in [5.74, 6) is -0.933. The van der Waals surface area contributed by atoms with Gasteiger partial charge in [-0.15, -0.1) is 24.0 Å². The quantitative estimate of drug-likeness (QED) is 0.753. The van der Waals surface area contributed by atoms with Gasteiger partial charge in [0.15, 0.2) is 0 Å². The number of thiol groups is 1. The van der Waals surface area contributed by atoms with Crippen molar-refractivity contribution in [1.29, 1.82) is 0 Å².